The Morgan fingerprint density at radius 2 is 1.83 bits per heavy atom. The summed E-state index contributed by atoms with van der Waals surface area (Å²) in [5.74, 6) is 1.52. The topological polar surface area (TPSA) is 92.7 Å². The summed E-state index contributed by atoms with van der Waals surface area (Å²) in [4.78, 5) is 13.3. The van der Waals surface area contributed by atoms with E-state index in [4.69, 9.17) is 28.4 Å². The SMILES string of the molecule is COc1c(C(=O)C2COC(c3ccc4c(c3)OCO4)C2CO)ccc2c1OCO2. The molecule has 0 radical (unpaired) electrons. The fourth-order valence-electron chi connectivity index (χ4n) is 4.14. The Bertz CT molecular complexity index is 956. The first-order valence-corrected chi connectivity index (χ1v) is 9.34. The van der Waals surface area contributed by atoms with E-state index in [0.29, 0.717) is 34.3 Å². The Morgan fingerprint density at radius 1 is 1.07 bits per heavy atom. The fraction of sp³-hybridized carbons (Fsp3) is 0.381. The standard InChI is InChI=1S/C21H20O8/c1-24-20-12(3-5-16-21(20)29-10-27-16)18(23)14-8-25-19(13(14)7-22)11-2-4-15-17(6-11)28-9-26-15/h2-6,13-14,19,22H,7-10H2,1H3. The molecule has 1 saturated heterocycles. The summed E-state index contributed by atoms with van der Waals surface area (Å²) >= 11 is 0. The van der Waals surface area contributed by atoms with Gasteiger partial charge in [0.2, 0.25) is 19.3 Å². The molecule has 0 saturated carbocycles. The van der Waals surface area contributed by atoms with Crippen LogP contribution in [0.15, 0.2) is 30.3 Å². The van der Waals surface area contributed by atoms with Gasteiger partial charge in [-0.2, -0.15) is 0 Å². The van der Waals surface area contributed by atoms with Gasteiger partial charge in [0.15, 0.2) is 28.8 Å². The monoisotopic (exact) mass is 400 g/mol. The Kier molecular flexibility index (Phi) is 4.44. The van der Waals surface area contributed by atoms with Gasteiger partial charge in [0.1, 0.15) is 0 Å². The van der Waals surface area contributed by atoms with Crippen LogP contribution in [0.2, 0.25) is 0 Å². The quantitative estimate of drug-likeness (QED) is 0.765. The van der Waals surface area contributed by atoms with E-state index in [-0.39, 0.29) is 32.6 Å². The molecule has 2 aromatic carbocycles. The maximum Gasteiger partial charge on any atom is 0.231 e. The third-order valence-corrected chi connectivity index (χ3v) is 5.60. The van der Waals surface area contributed by atoms with Gasteiger partial charge in [0.05, 0.1) is 31.3 Å². The lowest BCUT2D eigenvalue weighted by atomic mass is 9.83. The summed E-state index contributed by atoms with van der Waals surface area (Å²) in [5, 5.41) is 10.1. The minimum Gasteiger partial charge on any atom is -0.492 e. The van der Waals surface area contributed by atoms with Gasteiger partial charge >= 0.3 is 0 Å². The van der Waals surface area contributed by atoms with Crippen molar-refractivity contribution in [1.82, 2.24) is 0 Å². The van der Waals surface area contributed by atoms with Crippen LogP contribution in [-0.4, -0.2) is 44.8 Å². The Balaban J connectivity index is 1.44. The van der Waals surface area contributed by atoms with E-state index >= 15 is 0 Å². The van der Waals surface area contributed by atoms with Gasteiger partial charge in [-0.15, -0.1) is 0 Å². The van der Waals surface area contributed by atoms with Crippen molar-refractivity contribution in [3.8, 4) is 28.7 Å². The first-order chi connectivity index (χ1) is 14.2. The van der Waals surface area contributed by atoms with Gasteiger partial charge in [0, 0.05) is 12.5 Å². The summed E-state index contributed by atoms with van der Waals surface area (Å²) in [5.41, 5.74) is 1.22. The Hall–Kier alpha value is -2.97. The number of carbonyl (C=O) groups is 1. The molecule has 152 valence electrons. The zero-order valence-electron chi connectivity index (χ0n) is 15.8. The zero-order chi connectivity index (χ0) is 20.0. The fourth-order valence-corrected chi connectivity index (χ4v) is 4.14. The van der Waals surface area contributed by atoms with Crippen LogP contribution < -0.4 is 23.7 Å². The molecule has 8 nitrogen and oxygen atoms in total. The average Bonchev–Trinajstić information content (AvgIpc) is 3.50. The molecule has 1 N–H and O–H groups in total. The highest BCUT2D eigenvalue weighted by atomic mass is 16.7. The van der Waals surface area contributed by atoms with E-state index in [1.54, 1.807) is 12.1 Å². The Labute approximate surface area is 166 Å². The van der Waals surface area contributed by atoms with Crippen molar-refractivity contribution in [1.29, 1.82) is 0 Å². The molecule has 3 heterocycles. The predicted molar refractivity (Wildman–Crippen MR) is 98.8 cm³/mol. The molecule has 29 heavy (non-hydrogen) atoms. The van der Waals surface area contributed by atoms with Crippen molar-refractivity contribution in [3.05, 3.63) is 41.5 Å². The molecule has 2 aromatic rings. The highest BCUT2D eigenvalue weighted by Gasteiger charge is 2.43. The molecule has 3 atom stereocenters. The lowest BCUT2D eigenvalue weighted by Crippen LogP contribution is -2.26. The summed E-state index contributed by atoms with van der Waals surface area (Å²) in [6.45, 7) is 0.267. The minimum absolute atomic E-state index is 0.0847. The molecule has 0 amide bonds. The number of fused-ring (bicyclic) bond motifs is 2. The zero-order valence-corrected chi connectivity index (χ0v) is 15.8. The van der Waals surface area contributed by atoms with E-state index in [0.717, 1.165) is 5.56 Å². The first kappa shape index (κ1) is 18.1. The third kappa shape index (κ3) is 2.87. The summed E-state index contributed by atoms with van der Waals surface area (Å²) in [6, 6.07) is 8.87. The van der Waals surface area contributed by atoms with Crippen molar-refractivity contribution in [2.24, 2.45) is 11.8 Å². The molecule has 3 aliphatic heterocycles. The van der Waals surface area contributed by atoms with Crippen LogP contribution in [0.1, 0.15) is 22.0 Å². The second kappa shape index (κ2) is 7.13. The average molecular weight is 400 g/mol. The van der Waals surface area contributed by atoms with Gasteiger partial charge in [-0.25, -0.2) is 0 Å². The number of carbonyl (C=O) groups excluding carboxylic acids is 1. The predicted octanol–water partition coefficient (Wildman–Crippen LogP) is 2.33. The molecule has 0 aliphatic carbocycles. The number of aliphatic hydroxyl groups excluding tert-OH is 1. The number of benzene rings is 2. The molecule has 1 fully saturated rings. The van der Waals surface area contributed by atoms with Gasteiger partial charge in [-0.3, -0.25) is 4.79 Å². The van der Waals surface area contributed by atoms with Gasteiger partial charge in [-0.1, -0.05) is 6.07 Å². The van der Waals surface area contributed by atoms with Crippen molar-refractivity contribution in [2.45, 2.75) is 6.10 Å². The second-order valence-corrected chi connectivity index (χ2v) is 7.06. The van der Waals surface area contributed by atoms with Crippen LogP contribution >= 0.6 is 0 Å². The van der Waals surface area contributed by atoms with Crippen LogP contribution in [-0.2, 0) is 4.74 Å². The molecule has 0 bridgehead atoms. The molecule has 5 rings (SSSR count). The number of Topliss-reactive ketones (excluding diaryl/α,β-unsaturated/α-hetero) is 1. The number of hydrogen-bond donors (Lipinski definition) is 1. The minimum atomic E-state index is -0.523. The molecule has 0 aromatic heterocycles. The number of hydrogen-bond acceptors (Lipinski definition) is 8. The van der Waals surface area contributed by atoms with E-state index in [1.165, 1.54) is 7.11 Å². The maximum atomic E-state index is 13.3. The van der Waals surface area contributed by atoms with E-state index in [9.17, 15) is 9.90 Å². The van der Waals surface area contributed by atoms with Crippen LogP contribution in [0.3, 0.4) is 0 Å². The highest BCUT2D eigenvalue weighted by molar-refractivity contribution is 6.02. The molecule has 3 unspecified atom stereocenters. The maximum absolute atomic E-state index is 13.3. The van der Waals surface area contributed by atoms with Crippen molar-refractivity contribution in [2.75, 3.05) is 33.9 Å². The Morgan fingerprint density at radius 3 is 2.66 bits per heavy atom. The number of methoxy groups -OCH3 is 1. The third-order valence-electron chi connectivity index (χ3n) is 5.60. The lowest BCUT2D eigenvalue weighted by Gasteiger charge is -2.21. The van der Waals surface area contributed by atoms with Gasteiger partial charge in [-0.05, 0) is 29.8 Å². The van der Waals surface area contributed by atoms with Crippen LogP contribution in [0.5, 0.6) is 28.7 Å². The summed E-state index contributed by atoms with van der Waals surface area (Å²) in [6.07, 6.45) is -0.427. The number of aliphatic hydroxyl groups is 1. The van der Waals surface area contributed by atoms with Crippen molar-refractivity contribution < 1.29 is 38.3 Å². The number of ether oxygens (including phenoxy) is 6. The van der Waals surface area contributed by atoms with E-state index in [1.807, 2.05) is 18.2 Å². The van der Waals surface area contributed by atoms with Gasteiger partial charge in [0.25, 0.3) is 0 Å². The number of rotatable bonds is 5. The largest absolute Gasteiger partial charge is 0.492 e. The van der Waals surface area contributed by atoms with E-state index < -0.39 is 17.9 Å². The van der Waals surface area contributed by atoms with E-state index in [2.05, 4.69) is 0 Å². The van der Waals surface area contributed by atoms with Crippen LogP contribution in [0, 0.1) is 11.8 Å². The first-order valence-electron chi connectivity index (χ1n) is 9.34. The molecule has 8 heteroatoms. The smallest absolute Gasteiger partial charge is 0.231 e. The second-order valence-electron chi connectivity index (χ2n) is 7.06. The van der Waals surface area contributed by atoms with Crippen molar-refractivity contribution >= 4 is 5.78 Å². The molecule has 0 spiro atoms. The van der Waals surface area contributed by atoms with Crippen LogP contribution in [0.25, 0.3) is 0 Å². The summed E-state index contributed by atoms with van der Waals surface area (Å²) < 4.78 is 33.0. The normalized spacial score (nSPS) is 24.0. The summed E-state index contributed by atoms with van der Waals surface area (Å²) in [7, 11) is 1.48. The van der Waals surface area contributed by atoms with Crippen molar-refractivity contribution in [3.63, 3.8) is 0 Å². The lowest BCUT2D eigenvalue weighted by molar-refractivity contribution is 0.0713. The number of ketones is 1. The van der Waals surface area contributed by atoms with Gasteiger partial charge < -0.3 is 33.5 Å². The molecule has 3 aliphatic rings. The highest BCUT2D eigenvalue weighted by Crippen LogP contribution is 2.47. The molecular weight excluding hydrogens is 380 g/mol. The molecular formula is C21H20O8. The van der Waals surface area contributed by atoms with Crippen LogP contribution in [0.4, 0.5) is 0 Å².